The molecule has 0 spiro atoms. The van der Waals surface area contributed by atoms with E-state index < -0.39 is 17.6 Å². The molecule has 2 aromatic rings. The second-order valence-electron chi connectivity index (χ2n) is 6.27. The maximum atomic E-state index is 13.8. The third-order valence-corrected chi connectivity index (χ3v) is 4.38. The van der Waals surface area contributed by atoms with Crippen LogP contribution >= 0.6 is 0 Å². The number of benzene rings is 2. The predicted molar refractivity (Wildman–Crippen MR) is 95.2 cm³/mol. The molecule has 0 bridgehead atoms. The number of nitrogens with zero attached hydrogens (tertiary/aromatic N) is 1. The van der Waals surface area contributed by atoms with E-state index in [4.69, 9.17) is 5.73 Å². The van der Waals surface area contributed by atoms with Crippen molar-refractivity contribution in [3.8, 4) is 0 Å². The molecule has 1 heterocycles. The van der Waals surface area contributed by atoms with Gasteiger partial charge in [0.05, 0.1) is 5.92 Å². The summed E-state index contributed by atoms with van der Waals surface area (Å²) in [5.41, 5.74) is 6.86. The average molecular weight is 355 g/mol. The number of anilines is 2. The summed E-state index contributed by atoms with van der Waals surface area (Å²) in [5, 5.41) is 2.69. The standard InChI is InChI=1S/C19H18FN3O3/c1-11-5-6-15(9-16(11)20)23-10-13(8-17(23)24)19(26)22-14-4-2-3-12(7-14)18(21)25/h2-7,9,13H,8,10H2,1H3,(H2,21,25)(H,22,26). The monoisotopic (exact) mass is 355 g/mol. The second-order valence-corrected chi connectivity index (χ2v) is 6.27. The van der Waals surface area contributed by atoms with Gasteiger partial charge in [0.25, 0.3) is 0 Å². The Labute approximate surface area is 149 Å². The average Bonchev–Trinajstić information content (AvgIpc) is 2.99. The Bertz CT molecular complexity index is 897. The van der Waals surface area contributed by atoms with E-state index in [1.165, 1.54) is 17.0 Å². The van der Waals surface area contributed by atoms with Crippen LogP contribution in [0.25, 0.3) is 0 Å². The highest BCUT2D eigenvalue weighted by atomic mass is 19.1. The third kappa shape index (κ3) is 3.56. The van der Waals surface area contributed by atoms with Crippen LogP contribution in [-0.2, 0) is 9.59 Å². The molecule has 26 heavy (non-hydrogen) atoms. The minimum atomic E-state index is -0.593. The first kappa shape index (κ1) is 17.6. The lowest BCUT2D eigenvalue weighted by molar-refractivity contribution is -0.122. The fourth-order valence-electron chi connectivity index (χ4n) is 2.88. The lowest BCUT2D eigenvalue weighted by Gasteiger charge is -2.17. The number of nitrogens with one attached hydrogen (secondary N) is 1. The van der Waals surface area contributed by atoms with Crippen LogP contribution in [0, 0.1) is 18.7 Å². The van der Waals surface area contributed by atoms with Crippen molar-refractivity contribution < 1.29 is 18.8 Å². The molecule has 134 valence electrons. The first-order valence-electron chi connectivity index (χ1n) is 8.12. The van der Waals surface area contributed by atoms with Crippen molar-refractivity contribution in [2.75, 3.05) is 16.8 Å². The van der Waals surface area contributed by atoms with Crippen LogP contribution in [0.2, 0.25) is 0 Å². The van der Waals surface area contributed by atoms with Gasteiger partial charge in [-0.3, -0.25) is 14.4 Å². The Morgan fingerprint density at radius 3 is 2.69 bits per heavy atom. The number of primary amides is 1. The molecular weight excluding hydrogens is 337 g/mol. The zero-order valence-corrected chi connectivity index (χ0v) is 14.2. The molecule has 0 saturated carbocycles. The summed E-state index contributed by atoms with van der Waals surface area (Å²) in [4.78, 5) is 37.3. The molecule has 3 N–H and O–H groups in total. The van der Waals surface area contributed by atoms with E-state index in [1.807, 2.05) is 0 Å². The van der Waals surface area contributed by atoms with E-state index in [9.17, 15) is 18.8 Å². The minimum absolute atomic E-state index is 0.0385. The van der Waals surface area contributed by atoms with Crippen LogP contribution in [-0.4, -0.2) is 24.3 Å². The number of hydrogen-bond donors (Lipinski definition) is 2. The molecule has 1 aliphatic heterocycles. The number of hydrogen-bond acceptors (Lipinski definition) is 3. The van der Waals surface area contributed by atoms with Gasteiger partial charge in [0.15, 0.2) is 0 Å². The quantitative estimate of drug-likeness (QED) is 0.881. The summed E-state index contributed by atoms with van der Waals surface area (Å²) < 4.78 is 13.8. The van der Waals surface area contributed by atoms with Gasteiger partial charge in [0, 0.05) is 29.9 Å². The zero-order chi connectivity index (χ0) is 18.8. The van der Waals surface area contributed by atoms with Crippen LogP contribution in [0.5, 0.6) is 0 Å². The Kier molecular flexibility index (Phi) is 4.71. The highest BCUT2D eigenvalue weighted by Gasteiger charge is 2.35. The molecule has 0 aliphatic carbocycles. The molecule has 0 aromatic heterocycles. The number of halogens is 1. The molecule has 7 heteroatoms. The first-order valence-corrected chi connectivity index (χ1v) is 8.12. The molecule has 6 nitrogen and oxygen atoms in total. The summed E-state index contributed by atoms with van der Waals surface area (Å²) in [7, 11) is 0. The second kappa shape index (κ2) is 6.95. The zero-order valence-electron chi connectivity index (χ0n) is 14.2. The summed E-state index contributed by atoms with van der Waals surface area (Å²) >= 11 is 0. The van der Waals surface area contributed by atoms with Crippen molar-refractivity contribution in [1.82, 2.24) is 0 Å². The largest absolute Gasteiger partial charge is 0.366 e. The van der Waals surface area contributed by atoms with E-state index in [0.29, 0.717) is 16.9 Å². The molecule has 1 unspecified atom stereocenters. The topological polar surface area (TPSA) is 92.5 Å². The van der Waals surface area contributed by atoms with Crippen LogP contribution in [0.15, 0.2) is 42.5 Å². The van der Waals surface area contributed by atoms with Crippen LogP contribution < -0.4 is 16.0 Å². The Morgan fingerprint density at radius 2 is 2.00 bits per heavy atom. The van der Waals surface area contributed by atoms with Crippen molar-refractivity contribution >= 4 is 29.1 Å². The number of carbonyl (C=O) groups is 3. The maximum absolute atomic E-state index is 13.8. The van der Waals surface area contributed by atoms with Crippen molar-refractivity contribution in [3.63, 3.8) is 0 Å². The number of carbonyl (C=O) groups excluding carboxylic acids is 3. The number of aryl methyl sites for hydroxylation is 1. The van der Waals surface area contributed by atoms with Crippen molar-refractivity contribution in [1.29, 1.82) is 0 Å². The molecule has 2 aromatic carbocycles. The SMILES string of the molecule is Cc1ccc(N2CC(C(=O)Nc3cccc(C(N)=O)c3)CC2=O)cc1F. The normalized spacial score (nSPS) is 16.6. The Morgan fingerprint density at radius 1 is 1.23 bits per heavy atom. The van der Waals surface area contributed by atoms with E-state index in [2.05, 4.69) is 5.32 Å². The van der Waals surface area contributed by atoms with Crippen molar-refractivity contribution in [2.45, 2.75) is 13.3 Å². The van der Waals surface area contributed by atoms with E-state index in [0.717, 1.165) is 0 Å². The summed E-state index contributed by atoms with van der Waals surface area (Å²) in [5.74, 6) is -2.13. The number of rotatable bonds is 4. The third-order valence-electron chi connectivity index (χ3n) is 4.38. The molecular formula is C19H18FN3O3. The van der Waals surface area contributed by atoms with Gasteiger partial charge in [0.2, 0.25) is 17.7 Å². The van der Waals surface area contributed by atoms with Crippen LogP contribution in [0.1, 0.15) is 22.3 Å². The van der Waals surface area contributed by atoms with Gasteiger partial charge in [-0.15, -0.1) is 0 Å². The van der Waals surface area contributed by atoms with Gasteiger partial charge in [0.1, 0.15) is 5.82 Å². The minimum Gasteiger partial charge on any atom is -0.366 e. The van der Waals surface area contributed by atoms with Gasteiger partial charge in [-0.05, 0) is 42.8 Å². The molecule has 1 atom stereocenters. The highest BCUT2D eigenvalue weighted by Crippen LogP contribution is 2.27. The van der Waals surface area contributed by atoms with Gasteiger partial charge in [-0.25, -0.2) is 4.39 Å². The summed E-state index contributed by atoms with van der Waals surface area (Å²) in [6, 6.07) is 10.8. The lowest BCUT2D eigenvalue weighted by Crippen LogP contribution is -2.28. The van der Waals surface area contributed by atoms with Crippen LogP contribution in [0.4, 0.5) is 15.8 Å². The Balaban J connectivity index is 1.71. The molecule has 0 radical (unpaired) electrons. The molecule has 1 fully saturated rings. The van der Waals surface area contributed by atoms with Gasteiger partial charge < -0.3 is 16.0 Å². The summed E-state index contributed by atoms with van der Waals surface area (Å²) in [6.45, 7) is 1.81. The maximum Gasteiger partial charge on any atom is 0.248 e. The number of nitrogens with two attached hydrogens (primary N) is 1. The molecule has 1 saturated heterocycles. The Hall–Kier alpha value is -3.22. The van der Waals surface area contributed by atoms with Crippen LogP contribution in [0.3, 0.4) is 0 Å². The van der Waals surface area contributed by atoms with E-state index in [1.54, 1.807) is 37.3 Å². The smallest absolute Gasteiger partial charge is 0.248 e. The number of amides is 3. The fraction of sp³-hybridized carbons (Fsp3) is 0.211. The first-order chi connectivity index (χ1) is 12.3. The van der Waals surface area contributed by atoms with E-state index >= 15 is 0 Å². The molecule has 3 amide bonds. The molecule has 3 rings (SSSR count). The van der Waals surface area contributed by atoms with Gasteiger partial charge in [-0.2, -0.15) is 0 Å². The highest BCUT2D eigenvalue weighted by molar-refractivity contribution is 6.04. The fourth-order valence-corrected chi connectivity index (χ4v) is 2.88. The van der Waals surface area contributed by atoms with E-state index in [-0.39, 0.29) is 30.3 Å². The van der Waals surface area contributed by atoms with Crippen molar-refractivity contribution in [3.05, 3.63) is 59.4 Å². The van der Waals surface area contributed by atoms with Gasteiger partial charge >= 0.3 is 0 Å². The van der Waals surface area contributed by atoms with Gasteiger partial charge in [-0.1, -0.05) is 12.1 Å². The van der Waals surface area contributed by atoms with Crippen molar-refractivity contribution in [2.24, 2.45) is 11.7 Å². The predicted octanol–water partition coefficient (Wildman–Crippen LogP) is 2.22. The molecule has 1 aliphatic rings. The lowest BCUT2D eigenvalue weighted by atomic mass is 10.1. The summed E-state index contributed by atoms with van der Waals surface area (Å²) in [6.07, 6.45) is 0.0385.